The molecule has 0 spiro atoms. The highest BCUT2D eigenvalue weighted by Crippen LogP contribution is 2.61. The van der Waals surface area contributed by atoms with Gasteiger partial charge in [-0.15, -0.1) is 11.6 Å². The second-order valence-electron chi connectivity index (χ2n) is 5.60. The first-order valence-electron chi connectivity index (χ1n) is 6.01. The average molecular weight is 300 g/mol. The SMILES string of the molecule is ClCC1(Cc2ccc(Br)cc2)CC2CC2C1. The Morgan fingerprint density at radius 2 is 1.81 bits per heavy atom. The van der Waals surface area contributed by atoms with Gasteiger partial charge in [-0.25, -0.2) is 0 Å². The van der Waals surface area contributed by atoms with Crippen molar-refractivity contribution in [2.45, 2.75) is 25.7 Å². The lowest BCUT2D eigenvalue weighted by molar-refractivity contribution is 0.303. The van der Waals surface area contributed by atoms with Gasteiger partial charge in [0, 0.05) is 10.4 Å². The van der Waals surface area contributed by atoms with Crippen molar-refractivity contribution < 1.29 is 0 Å². The number of hydrogen-bond donors (Lipinski definition) is 0. The molecule has 2 fully saturated rings. The molecule has 0 aromatic heterocycles. The maximum atomic E-state index is 6.22. The van der Waals surface area contributed by atoms with Crippen LogP contribution in [0.15, 0.2) is 28.7 Å². The van der Waals surface area contributed by atoms with Gasteiger partial charge in [0.1, 0.15) is 0 Å². The fourth-order valence-electron chi connectivity index (χ4n) is 3.34. The maximum absolute atomic E-state index is 6.22. The van der Waals surface area contributed by atoms with Crippen molar-refractivity contribution in [2.75, 3.05) is 5.88 Å². The second kappa shape index (κ2) is 4.03. The summed E-state index contributed by atoms with van der Waals surface area (Å²) in [5, 5.41) is 0. The first-order chi connectivity index (χ1) is 7.71. The van der Waals surface area contributed by atoms with Crippen molar-refractivity contribution in [2.24, 2.45) is 17.3 Å². The Labute approximate surface area is 111 Å². The Hall–Kier alpha value is -0.0100. The molecule has 2 aliphatic rings. The molecule has 1 aromatic carbocycles. The van der Waals surface area contributed by atoms with Crippen LogP contribution in [0.25, 0.3) is 0 Å². The van der Waals surface area contributed by atoms with Gasteiger partial charge in [0.05, 0.1) is 0 Å². The molecule has 0 aliphatic heterocycles. The van der Waals surface area contributed by atoms with Gasteiger partial charge in [-0.05, 0) is 60.6 Å². The third-order valence-electron chi connectivity index (χ3n) is 4.24. The molecule has 0 nitrogen and oxygen atoms in total. The quantitative estimate of drug-likeness (QED) is 0.713. The Bertz CT molecular complexity index is 374. The van der Waals surface area contributed by atoms with Gasteiger partial charge in [-0.2, -0.15) is 0 Å². The molecule has 3 rings (SSSR count). The van der Waals surface area contributed by atoms with E-state index in [1.165, 1.54) is 24.8 Å². The Morgan fingerprint density at radius 3 is 2.38 bits per heavy atom. The Morgan fingerprint density at radius 1 is 1.19 bits per heavy atom. The largest absolute Gasteiger partial charge is 0.126 e. The van der Waals surface area contributed by atoms with E-state index in [0.29, 0.717) is 5.41 Å². The van der Waals surface area contributed by atoms with E-state index in [4.69, 9.17) is 11.6 Å². The van der Waals surface area contributed by atoms with Crippen molar-refractivity contribution >= 4 is 27.5 Å². The molecule has 0 N–H and O–H groups in total. The lowest BCUT2D eigenvalue weighted by Crippen LogP contribution is -2.23. The van der Waals surface area contributed by atoms with E-state index in [0.717, 1.165) is 28.6 Å². The smallest absolute Gasteiger partial charge is 0.0283 e. The van der Waals surface area contributed by atoms with Gasteiger partial charge < -0.3 is 0 Å². The average Bonchev–Trinajstić information content (AvgIpc) is 2.91. The van der Waals surface area contributed by atoms with Crippen molar-refractivity contribution in [1.82, 2.24) is 0 Å². The molecule has 2 aliphatic carbocycles. The molecule has 0 radical (unpaired) electrons. The molecule has 0 bridgehead atoms. The molecular weight excluding hydrogens is 284 g/mol. The van der Waals surface area contributed by atoms with E-state index >= 15 is 0 Å². The Balaban J connectivity index is 1.75. The van der Waals surface area contributed by atoms with Crippen LogP contribution in [0.3, 0.4) is 0 Å². The van der Waals surface area contributed by atoms with E-state index in [1.807, 2.05) is 0 Å². The summed E-state index contributed by atoms with van der Waals surface area (Å²) in [5.74, 6) is 2.85. The van der Waals surface area contributed by atoms with Crippen LogP contribution in [0.5, 0.6) is 0 Å². The van der Waals surface area contributed by atoms with Gasteiger partial charge in [0.2, 0.25) is 0 Å². The zero-order valence-corrected chi connectivity index (χ0v) is 11.6. The standard InChI is InChI=1S/C14H16BrCl/c15-13-3-1-10(2-4-13)6-14(9-16)7-11-5-12(11)8-14/h1-4,11-12H,5-9H2. The van der Waals surface area contributed by atoms with Gasteiger partial charge in [-0.1, -0.05) is 28.1 Å². The van der Waals surface area contributed by atoms with Gasteiger partial charge >= 0.3 is 0 Å². The first kappa shape index (κ1) is 11.1. The lowest BCUT2D eigenvalue weighted by Gasteiger charge is -2.28. The van der Waals surface area contributed by atoms with Crippen molar-refractivity contribution in [3.63, 3.8) is 0 Å². The highest BCUT2D eigenvalue weighted by atomic mass is 79.9. The zero-order valence-electron chi connectivity index (χ0n) is 9.26. The summed E-state index contributed by atoms with van der Waals surface area (Å²) < 4.78 is 1.16. The van der Waals surface area contributed by atoms with Crippen molar-refractivity contribution in [3.8, 4) is 0 Å². The van der Waals surface area contributed by atoms with E-state index in [1.54, 1.807) is 0 Å². The predicted octanol–water partition coefficient (Wildman–Crippen LogP) is 4.65. The fraction of sp³-hybridized carbons (Fsp3) is 0.571. The summed E-state index contributed by atoms with van der Waals surface area (Å²) in [5.41, 5.74) is 1.84. The minimum Gasteiger partial charge on any atom is -0.126 e. The number of fused-ring (bicyclic) bond motifs is 1. The van der Waals surface area contributed by atoms with E-state index < -0.39 is 0 Å². The molecule has 1 aromatic rings. The summed E-state index contributed by atoms with van der Waals surface area (Å²) >= 11 is 9.70. The third kappa shape index (κ3) is 2.04. The van der Waals surface area contributed by atoms with Crippen LogP contribution in [0.2, 0.25) is 0 Å². The summed E-state index contributed by atoms with van der Waals surface area (Å²) in [7, 11) is 0. The first-order valence-corrected chi connectivity index (χ1v) is 7.34. The maximum Gasteiger partial charge on any atom is 0.0283 e. The van der Waals surface area contributed by atoms with Gasteiger partial charge in [0.25, 0.3) is 0 Å². The summed E-state index contributed by atoms with van der Waals surface area (Å²) in [4.78, 5) is 0. The molecule has 2 atom stereocenters. The molecule has 0 heterocycles. The highest BCUT2D eigenvalue weighted by Gasteiger charge is 2.53. The Kier molecular flexibility index (Phi) is 2.79. The van der Waals surface area contributed by atoms with Crippen LogP contribution in [-0.2, 0) is 6.42 Å². The molecule has 2 unspecified atom stereocenters. The van der Waals surface area contributed by atoms with Gasteiger partial charge in [-0.3, -0.25) is 0 Å². The summed E-state index contributed by atoms with van der Waals surface area (Å²) in [6, 6.07) is 8.71. The van der Waals surface area contributed by atoms with Gasteiger partial charge in [0.15, 0.2) is 0 Å². The zero-order chi connectivity index (χ0) is 11.2. The monoisotopic (exact) mass is 298 g/mol. The third-order valence-corrected chi connectivity index (χ3v) is 5.33. The second-order valence-corrected chi connectivity index (χ2v) is 6.78. The molecule has 86 valence electrons. The summed E-state index contributed by atoms with van der Waals surface area (Å²) in [6.45, 7) is 0. The molecule has 0 amide bonds. The number of rotatable bonds is 3. The topological polar surface area (TPSA) is 0 Å². The number of alkyl halides is 1. The number of halogens is 2. The van der Waals surface area contributed by atoms with Crippen LogP contribution >= 0.6 is 27.5 Å². The van der Waals surface area contributed by atoms with E-state index in [-0.39, 0.29) is 0 Å². The molecule has 2 heteroatoms. The minimum atomic E-state index is 0.406. The molecule has 2 saturated carbocycles. The number of hydrogen-bond acceptors (Lipinski definition) is 0. The normalized spacial score (nSPS) is 36.1. The van der Waals surface area contributed by atoms with Crippen LogP contribution < -0.4 is 0 Å². The lowest BCUT2D eigenvalue weighted by atomic mass is 9.79. The molecule has 0 saturated heterocycles. The van der Waals surface area contributed by atoms with Crippen LogP contribution in [-0.4, -0.2) is 5.88 Å². The predicted molar refractivity (Wildman–Crippen MR) is 71.8 cm³/mol. The summed E-state index contributed by atoms with van der Waals surface area (Å²) in [6.07, 6.45) is 5.35. The fourth-order valence-corrected chi connectivity index (χ4v) is 3.92. The van der Waals surface area contributed by atoms with Crippen molar-refractivity contribution in [3.05, 3.63) is 34.3 Å². The van der Waals surface area contributed by atoms with E-state index in [9.17, 15) is 0 Å². The van der Waals surface area contributed by atoms with Crippen LogP contribution in [0.1, 0.15) is 24.8 Å². The highest BCUT2D eigenvalue weighted by molar-refractivity contribution is 9.10. The molecule has 16 heavy (non-hydrogen) atoms. The van der Waals surface area contributed by atoms with Crippen LogP contribution in [0.4, 0.5) is 0 Å². The minimum absolute atomic E-state index is 0.406. The molecular formula is C14H16BrCl. The van der Waals surface area contributed by atoms with Crippen molar-refractivity contribution in [1.29, 1.82) is 0 Å². The van der Waals surface area contributed by atoms with Crippen LogP contribution in [0, 0.1) is 17.3 Å². The van der Waals surface area contributed by atoms with E-state index in [2.05, 4.69) is 40.2 Å². The number of benzene rings is 1.